The number of nitrogens with zero attached hydrogens (tertiary/aromatic N) is 1. The van der Waals surface area contributed by atoms with Gasteiger partial charge in [0.1, 0.15) is 0 Å². The number of rotatable bonds is 3. The van der Waals surface area contributed by atoms with Gasteiger partial charge in [-0.1, -0.05) is 6.07 Å². The fourth-order valence-corrected chi connectivity index (χ4v) is 3.91. The zero-order chi connectivity index (χ0) is 16.6. The Kier molecular flexibility index (Phi) is 5.35. The van der Waals surface area contributed by atoms with Crippen molar-refractivity contribution in [1.82, 2.24) is 10.2 Å². The predicted octanol–water partition coefficient (Wildman–Crippen LogP) is 2.67. The van der Waals surface area contributed by atoms with Gasteiger partial charge in [0.15, 0.2) is 0 Å². The van der Waals surface area contributed by atoms with Crippen LogP contribution in [0.1, 0.15) is 42.5 Å². The summed E-state index contributed by atoms with van der Waals surface area (Å²) in [4.78, 5) is 26.6. The molecule has 136 valence electrons. The number of carbonyl (C=O) groups is 2. The number of benzene rings is 1. The third-order valence-electron chi connectivity index (χ3n) is 5.77. The molecule has 1 aromatic carbocycles. The van der Waals surface area contributed by atoms with Crippen LogP contribution in [-0.2, 0) is 4.79 Å². The number of hydrogen-bond donors (Lipinski definition) is 2. The molecule has 1 saturated carbocycles. The lowest BCUT2D eigenvalue weighted by Crippen LogP contribution is -2.44. The molecule has 0 aromatic heterocycles. The second-order valence-electron chi connectivity index (χ2n) is 7.56. The van der Waals surface area contributed by atoms with Crippen LogP contribution in [-0.4, -0.2) is 42.9 Å². The number of likely N-dealkylation sites (tertiary alicyclic amines) is 1. The van der Waals surface area contributed by atoms with Gasteiger partial charge in [0.25, 0.3) is 5.91 Å². The first-order valence-corrected chi connectivity index (χ1v) is 9.06. The van der Waals surface area contributed by atoms with Crippen molar-refractivity contribution >= 4 is 29.9 Å². The van der Waals surface area contributed by atoms with Crippen LogP contribution in [0, 0.1) is 11.3 Å². The SMILES string of the molecule is Cl.O=C(Nc1cccc(C(=O)N2CCC3(CCNC3)CC2)c1)C1CC1. The third kappa shape index (κ3) is 3.98. The van der Waals surface area contributed by atoms with E-state index in [4.69, 9.17) is 0 Å². The van der Waals surface area contributed by atoms with Crippen LogP contribution in [0.25, 0.3) is 0 Å². The highest BCUT2D eigenvalue weighted by molar-refractivity contribution is 5.98. The zero-order valence-corrected chi connectivity index (χ0v) is 15.2. The van der Waals surface area contributed by atoms with Crippen molar-refractivity contribution in [1.29, 1.82) is 0 Å². The van der Waals surface area contributed by atoms with Gasteiger partial charge in [-0.25, -0.2) is 0 Å². The van der Waals surface area contributed by atoms with Gasteiger partial charge in [0.05, 0.1) is 0 Å². The summed E-state index contributed by atoms with van der Waals surface area (Å²) in [5, 5.41) is 6.38. The summed E-state index contributed by atoms with van der Waals surface area (Å²) >= 11 is 0. The van der Waals surface area contributed by atoms with E-state index in [1.165, 1.54) is 6.42 Å². The zero-order valence-electron chi connectivity index (χ0n) is 14.4. The summed E-state index contributed by atoms with van der Waals surface area (Å²) in [5.41, 5.74) is 1.81. The smallest absolute Gasteiger partial charge is 0.253 e. The number of anilines is 1. The first kappa shape index (κ1) is 18.2. The summed E-state index contributed by atoms with van der Waals surface area (Å²) in [6.45, 7) is 3.87. The topological polar surface area (TPSA) is 61.4 Å². The highest BCUT2D eigenvalue weighted by Crippen LogP contribution is 2.37. The molecule has 2 saturated heterocycles. The molecule has 5 nitrogen and oxygen atoms in total. The number of amides is 2. The highest BCUT2D eigenvalue weighted by Gasteiger charge is 2.38. The summed E-state index contributed by atoms with van der Waals surface area (Å²) in [7, 11) is 0. The standard InChI is InChI=1S/C19H25N3O2.ClH/c23-17(14-4-5-14)21-16-3-1-2-15(12-16)18(24)22-10-7-19(8-11-22)6-9-20-13-19;/h1-3,12,14,20H,4-11,13H2,(H,21,23);1H. The summed E-state index contributed by atoms with van der Waals surface area (Å²) in [5.74, 6) is 0.328. The van der Waals surface area contributed by atoms with Crippen molar-refractivity contribution in [2.45, 2.75) is 32.1 Å². The van der Waals surface area contributed by atoms with Gasteiger partial charge in [-0.2, -0.15) is 0 Å². The van der Waals surface area contributed by atoms with Crippen molar-refractivity contribution in [3.05, 3.63) is 29.8 Å². The lowest BCUT2D eigenvalue weighted by molar-refractivity contribution is -0.117. The molecule has 2 amide bonds. The molecule has 1 spiro atoms. The molecule has 1 aliphatic carbocycles. The molecule has 2 N–H and O–H groups in total. The van der Waals surface area contributed by atoms with Gasteiger partial charge >= 0.3 is 0 Å². The monoisotopic (exact) mass is 363 g/mol. The van der Waals surface area contributed by atoms with E-state index in [1.54, 1.807) is 0 Å². The first-order valence-electron chi connectivity index (χ1n) is 9.06. The molecule has 6 heteroatoms. The molecule has 2 heterocycles. The number of carbonyl (C=O) groups excluding carboxylic acids is 2. The van der Waals surface area contributed by atoms with Gasteiger partial charge in [-0.15, -0.1) is 12.4 Å². The Bertz CT molecular complexity index is 644. The highest BCUT2D eigenvalue weighted by atomic mass is 35.5. The van der Waals surface area contributed by atoms with Gasteiger partial charge < -0.3 is 15.5 Å². The fraction of sp³-hybridized carbons (Fsp3) is 0.579. The Hall–Kier alpha value is -1.59. The van der Waals surface area contributed by atoms with Crippen LogP contribution in [0.4, 0.5) is 5.69 Å². The fourth-order valence-electron chi connectivity index (χ4n) is 3.91. The molecule has 25 heavy (non-hydrogen) atoms. The maximum atomic E-state index is 12.8. The lowest BCUT2D eigenvalue weighted by Gasteiger charge is -2.39. The van der Waals surface area contributed by atoms with Crippen LogP contribution in [0.3, 0.4) is 0 Å². The van der Waals surface area contributed by atoms with E-state index in [1.807, 2.05) is 29.2 Å². The molecule has 4 rings (SSSR count). The van der Waals surface area contributed by atoms with E-state index in [-0.39, 0.29) is 30.1 Å². The van der Waals surface area contributed by atoms with Gasteiger partial charge in [-0.3, -0.25) is 9.59 Å². The Labute approximate surface area is 154 Å². The quantitative estimate of drug-likeness (QED) is 0.867. The van der Waals surface area contributed by atoms with Crippen LogP contribution in [0.2, 0.25) is 0 Å². The minimum absolute atomic E-state index is 0. The van der Waals surface area contributed by atoms with Gasteiger partial charge in [-0.05, 0) is 62.3 Å². The number of piperidine rings is 1. The largest absolute Gasteiger partial charge is 0.339 e. The molecule has 3 fully saturated rings. The van der Waals surface area contributed by atoms with E-state index < -0.39 is 0 Å². The number of hydrogen-bond acceptors (Lipinski definition) is 3. The summed E-state index contributed by atoms with van der Waals surface area (Å²) < 4.78 is 0. The van der Waals surface area contributed by atoms with Crippen molar-refractivity contribution in [3.63, 3.8) is 0 Å². The normalized spacial score (nSPS) is 21.7. The molecule has 0 radical (unpaired) electrons. The van der Waals surface area contributed by atoms with E-state index in [0.717, 1.165) is 57.5 Å². The van der Waals surface area contributed by atoms with Gasteiger partial charge in [0, 0.05) is 36.8 Å². The summed E-state index contributed by atoms with van der Waals surface area (Å²) in [6, 6.07) is 7.36. The van der Waals surface area contributed by atoms with E-state index in [2.05, 4.69) is 10.6 Å². The maximum Gasteiger partial charge on any atom is 0.253 e. The van der Waals surface area contributed by atoms with Gasteiger partial charge in [0.2, 0.25) is 5.91 Å². The van der Waals surface area contributed by atoms with Crippen molar-refractivity contribution in [3.8, 4) is 0 Å². The van der Waals surface area contributed by atoms with E-state index in [0.29, 0.717) is 11.0 Å². The van der Waals surface area contributed by atoms with Crippen LogP contribution < -0.4 is 10.6 Å². The molecule has 0 unspecified atom stereocenters. The molecule has 3 aliphatic rings. The minimum Gasteiger partial charge on any atom is -0.339 e. The minimum atomic E-state index is 0. The third-order valence-corrected chi connectivity index (χ3v) is 5.77. The predicted molar refractivity (Wildman–Crippen MR) is 100 cm³/mol. The van der Waals surface area contributed by atoms with E-state index >= 15 is 0 Å². The average molecular weight is 364 g/mol. The molecule has 0 bridgehead atoms. The Morgan fingerprint density at radius 1 is 1.16 bits per heavy atom. The molecule has 0 atom stereocenters. The lowest BCUT2D eigenvalue weighted by atomic mass is 9.78. The average Bonchev–Trinajstić information content (AvgIpc) is 3.37. The van der Waals surface area contributed by atoms with Crippen molar-refractivity contribution < 1.29 is 9.59 Å². The van der Waals surface area contributed by atoms with Crippen LogP contribution >= 0.6 is 12.4 Å². The molecule has 2 aliphatic heterocycles. The second kappa shape index (κ2) is 7.34. The molecule has 1 aromatic rings. The summed E-state index contributed by atoms with van der Waals surface area (Å²) in [6.07, 6.45) is 5.37. The van der Waals surface area contributed by atoms with Crippen molar-refractivity contribution in [2.24, 2.45) is 11.3 Å². The maximum absolute atomic E-state index is 12.8. The first-order chi connectivity index (χ1) is 11.7. The molecular weight excluding hydrogens is 338 g/mol. The second-order valence-corrected chi connectivity index (χ2v) is 7.56. The van der Waals surface area contributed by atoms with Crippen LogP contribution in [0.5, 0.6) is 0 Å². The number of halogens is 1. The Morgan fingerprint density at radius 3 is 2.56 bits per heavy atom. The molecular formula is C19H26ClN3O2. The Balaban J connectivity index is 0.00000182. The number of nitrogens with one attached hydrogen (secondary N) is 2. The van der Waals surface area contributed by atoms with E-state index in [9.17, 15) is 9.59 Å². The van der Waals surface area contributed by atoms with Crippen molar-refractivity contribution in [2.75, 3.05) is 31.5 Å². The Morgan fingerprint density at radius 2 is 1.92 bits per heavy atom. The van der Waals surface area contributed by atoms with Crippen LogP contribution in [0.15, 0.2) is 24.3 Å².